The topological polar surface area (TPSA) is 72.9 Å². The van der Waals surface area contributed by atoms with Crippen LogP contribution in [0.2, 0.25) is 0 Å². The number of aromatic nitrogens is 2. The van der Waals surface area contributed by atoms with Crippen LogP contribution in [0.3, 0.4) is 0 Å². The largest absolute Gasteiger partial charge is 0.491 e. The normalized spacial score (nSPS) is 12.0. The summed E-state index contributed by atoms with van der Waals surface area (Å²) in [6.45, 7) is 3.27. The number of halogens is 1. The number of aliphatic hydroxyl groups excluding tert-OH is 1. The fourth-order valence-electron chi connectivity index (χ4n) is 4.55. The van der Waals surface area contributed by atoms with Crippen LogP contribution in [0, 0.1) is 12.7 Å². The fourth-order valence-corrected chi connectivity index (χ4v) is 4.55. The van der Waals surface area contributed by atoms with Crippen LogP contribution in [-0.4, -0.2) is 39.0 Å². The van der Waals surface area contributed by atoms with Crippen molar-refractivity contribution in [1.29, 1.82) is 0 Å². The van der Waals surface area contributed by atoms with Crippen molar-refractivity contribution in [1.82, 2.24) is 14.7 Å². The van der Waals surface area contributed by atoms with E-state index in [4.69, 9.17) is 19.0 Å². The summed E-state index contributed by atoms with van der Waals surface area (Å²) in [4.78, 5) is 2.08. The van der Waals surface area contributed by atoms with Gasteiger partial charge in [0.15, 0.2) is 0 Å². The van der Waals surface area contributed by atoms with Gasteiger partial charge in [-0.1, -0.05) is 48.5 Å². The van der Waals surface area contributed by atoms with Crippen molar-refractivity contribution in [2.24, 2.45) is 7.05 Å². The number of rotatable bonds is 12. The van der Waals surface area contributed by atoms with Gasteiger partial charge in [-0.05, 0) is 55.0 Å². The maximum absolute atomic E-state index is 13.6. The maximum Gasteiger partial charge on any atom is 0.222 e. The Labute approximate surface area is 233 Å². The van der Waals surface area contributed by atoms with Gasteiger partial charge in [0, 0.05) is 25.7 Å². The van der Waals surface area contributed by atoms with Crippen LogP contribution >= 0.6 is 0 Å². The molecule has 5 rings (SSSR count). The summed E-state index contributed by atoms with van der Waals surface area (Å²) in [6, 6.07) is 27.2. The first-order valence-electron chi connectivity index (χ1n) is 13.1. The van der Waals surface area contributed by atoms with E-state index in [1.807, 2.05) is 80.7 Å². The molecule has 5 aromatic rings. The zero-order chi connectivity index (χ0) is 27.9. The lowest BCUT2D eigenvalue weighted by molar-refractivity contribution is 0.0600. The second kappa shape index (κ2) is 12.6. The first kappa shape index (κ1) is 27.2. The second-order valence-electron chi connectivity index (χ2n) is 9.66. The number of aliphatic hydroxyl groups is 1. The molecular formula is C32H32FN3O4. The maximum atomic E-state index is 13.6. The van der Waals surface area contributed by atoms with E-state index in [0.29, 0.717) is 31.3 Å². The summed E-state index contributed by atoms with van der Waals surface area (Å²) in [5, 5.41) is 15.8. The minimum Gasteiger partial charge on any atom is -0.491 e. The number of para-hydroxylation sites is 1. The Morgan fingerprint density at radius 1 is 0.950 bits per heavy atom. The zero-order valence-electron chi connectivity index (χ0n) is 22.5. The highest BCUT2D eigenvalue weighted by atomic mass is 19.1. The molecule has 1 atom stereocenters. The van der Waals surface area contributed by atoms with Crippen molar-refractivity contribution in [3.8, 4) is 28.6 Å². The van der Waals surface area contributed by atoms with Crippen molar-refractivity contribution in [2.75, 3.05) is 13.2 Å². The Bertz CT molecular complexity index is 1500. The minimum absolute atomic E-state index is 0.136. The van der Waals surface area contributed by atoms with E-state index < -0.39 is 6.10 Å². The van der Waals surface area contributed by atoms with E-state index in [1.165, 1.54) is 12.1 Å². The standard InChI is InChI=1S/C32H32FN3O4/c1-23-9-6-7-13-30(23)39-22-26(37)19-36(20-28-12-8-18-38-28)21-29-31(24-10-4-3-5-11-24)34-35(2)32(29)40-27-16-14-25(33)15-17-27/h3-18,26,37H,19-22H2,1-2H3/t26-/m1/s1. The average molecular weight is 542 g/mol. The fraction of sp³-hybridized carbons (Fsp3) is 0.219. The van der Waals surface area contributed by atoms with Crippen molar-refractivity contribution >= 4 is 0 Å². The number of hydrogen-bond acceptors (Lipinski definition) is 6. The SMILES string of the molecule is Cc1ccccc1OC[C@H](O)CN(Cc1ccco1)Cc1c(-c2ccccc2)nn(C)c1Oc1ccc(F)cc1. The molecule has 0 aliphatic rings. The average Bonchev–Trinajstić information content (AvgIpc) is 3.58. The van der Waals surface area contributed by atoms with Gasteiger partial charge in [-0.25, -0.2) is 9.07 Å². The number of ether oxygens (including phenoxy) is 2. The summed E-state index contributed by atoms with van der Waals surface area (Å²) >= 11 is 0. The van der Waals surface area contributed by atoms with Crippen molar-refractivity contribution < 1.29 is 23.4 Å². The molecule has 0 amide bonds. The molecule has 0 bridgehead atoms. The number of hydrogen-bond donors (Lipinski definition) is 1. The molecule has 1 N–H and O–H groups in total. The predicted molar refractivity (Wildman–Crippen MR) is 151 cm³/mol. The minimum atomic E-state index is -0.770. The van der Waals surface area contributed by atoms with E-state index in [1.54, 1.807) is 23.1 Å². The molecule has 3 aromatic carbocycles. The Balaban J connectivity index is 1.44. The molecule has 0 aliphatic carbocycles. The highest BCUT2D eigenvalue weighted by molar-refractivity contribution is 5.65. The lowest BCUT2D eigenvalue weighted by atomic mass is 10.1. The van der Waals surface area contributed by atoms with Crippen molar-refractivity contribution in [3.05, 3.63) is 120 Å². The molecule has 7 nitrogen and oxygen atoms in total. The van der Waals surface area contributed by atoms with Gasteiger partial charge < -0.3 is 19.0 Å². The molecular weight excluding hydrogens is 509 g/mol. The van der Waals surface area contributed by atoms with Gasteiger partial charge >= 0.3 is 0 Å². The molecule has 0 unspecified atom stereocenters. The molecule has 0 radical (unpaired) electrons. The lowest BCUT2D eigenvalue weighted by Gasteiger charge is -2.25. The van der Waals surface area contributed by atoms with E-state index in [2.05, 4.69) is 4.90 Å². The van der Waals surface area contributed by atoms with Crippen LogP contribution in [0.15, 0.2) is 102 Å². The van der Waals surface area contributed by atoms with Crippen LogP contribution in [0.25, 0.3) is 11.3 Å². The molecule has 0 saturated carbocycles. The monoisotopic (exact) mass is 541 g/mol. The zero-order valence-corrected chi connectivity index (χ0v) is 22.5. The second-order valence-corrected chi connectivity index (χ2v) is 9.66. The molecule has 2 heterocycles. The third-order valence-electron chi connectivity index (χ3n) is 6.50. The first-order valence-corrected chi connectivity index (χ1v) is 13.1. The van der Waals surface area contributed by atoms with Crippen molar-refractivity contribution in [3.63, 3.8) is 0 Å². The van der Waals surface area contributed by atoms with E-state index in [-0.39, 0.29) is 12.4 Å². The van der Waals surface area contributed by atoms with Crippen LogP contribution in [0.1, 0.15) is 16.9 Å². The molecule has 0 fully saturated rings. The lowest BCUT2D eigenvalue weighted by Crippen LogP contribution is -2.35. The Hall–Kier alpha value is -4.40. The number of furan rings is 1. The van der Waals surface area contributed by atoms with E-state index in [0.717, 1.165) is 33.9 Å². The molecule has 0 aliphatic heterocycles. The number of nitrogens with zero attached hydrogens (tertiary/aromatic N) is 3. The quantitative estimate of drug-likeness (QED) is 0.198. The number of benzene rings is 3. The van der Waals surface area contributed by atoms with Crippen LogP contribution in [0.4, 0.5) is 4.39 Å². The molecule has 206 valence electrons. The van der Waals surface area contributed by atoms with Gasteiger partial charge in [-0.2, -0.15) is 5.10 Å². The van der Waals surface area contributed by atoms with Gasteiger partial charge in [-0.15, -0.1) is 0 Å². The Morgan fingerprint density at radius 2 is 1.70 bits per heavy atom. The third kappa shape index (κ3) is 6.77. The predicted octanol–water partition coefficient (Wildman–Crippen LogP) is 6.36. The highest BCUT2D eigenvalue weighted by Gasteiger charge is 2.24. The summed E-state index contributed by atoms with van der Waals surface area (Å²) in [5.74, 6) is 2.19. The summed E-state index contributed by atoms with van der Waals surface area (Å²) in [6.07, 6.45) is 0.862. The van der Waals surface area contributed by atoms with Gasteiger partial charge in [0.05, 0.1) is 18.4 Å². The van der Waals surface area contributed by atoms with Gasteiger partial charge in [0.1, 0.15) is 41.5 Å². The first-order chi connectivity index (χ1) is 19.5. The third-order valence-corrected chi connectivity index (χ3v) is 6.50. The molecule has 0 spiro atoms. The van der Waals surface area contributed by atoms with Gasteiger partial charge in [-0.3, -0.25) is 4.90 Å². The van der Waals surface area contributed by atoms with E-state index >= 15 is 0 Å². The number of aryl methyl sites for hydroxylation is 2. The van der Waals surface area contributed by atoms with E-state index in [9.17, 15) is 9.50 Å². The van der Waals surface area contributed by atoms with Crippen LogP contribution < -0.4 is 9.47 Å². The van der Waals surface area contributed by atoms with Crippen molar-refractivity contribution in [2.45, 2.75) is 26.1 Å². The Kier molecular flexibility index (Phi) is 8.59. The van der Waals surface area contributed by atoms with Gasteiger partial charge in [0.25, 0.3) is 0 Å². The molecule has 2 aromatic heterocycles. The van der Waals surface area contributed by atoms with Gasteiger partial charge in [0.2, 0.25) is 5.88 Å². The Morgan fingerprint density at radius 3 is 2.42 bits per heavy atom. The summed E-state index contributed by atoms with van der Waals surface area (Å²) < 4.78 is 33.1. The van der Waals surface area contributed by atoms with Crippen LogP contribution in [0.5, 0.6) is 17.4 Å². The highest BCUT2D eigenvalue weighted by Crippen LogP contribution is 2.34. The summed E-state index contributed by atoms with van der Waals surface area (Å²) in [7, 11) is 1.82. The summed E-state index contributed by atoms with van der Waals surface area (Å²) in [5.41, 5.74) is 3.53. The van der Waals surface area contributed by atoms with Crippen LogP contribution in [-0.2, 0) is 20.1 Å². The smallest absolute Gasteiger partial charge is 0.222 e. The molecule has 0 saturated heterocycles. The molecule has 8 heteroatoms. The molecule has 40 heavy (non-hydrogen) atoms.